The van der Waals surface area contributed by atoms with Gasteiger partial charge >= 0.3 is 5.97 Å². The number of aryl methyl sites for hydroxylation is 1. The maximum atomic E-state index is 12.5. The topological polar surface area (TPSA) is 70.8 Å². The first kappa shape index (κ1) is 19.0. The van der Waals surface area contributed by atoms with Crippen molar-refractivity contribution in [1.82, 2.24) is 4.98 Å². The molecule has 0 aliphatic rings. The summed E-state index contributed by atoms with van der Waals surface area (Å²) in [6.45, 7) is 1.90. The van der Waals surface area contributed by atoms with E-state index in [0.29, 0.717) is 17.0 Å². The molecule has 7 heteroatoms. The lowest BCUT2D eigenvalue weighted by Crippen LogP contribution is -2.05. The molecule has 0 aliphatic carbocycles. The van der Waals surface area contributed by atoms with Crippen LogP contribution in [0.25, 0.3) is 21.5 Å². The lowest BCUT2D eigenvalue weighted by atomic mass is 10.1. The van der Waals surface area contributed by atoms with E-state index in [1.165, 1.54) is 11.3 Å². The molecule has 0 unspecified atom stereocenters. The van der Waals surface area contributed by atoms with Crippen LogP contribution in [0, 0.1) is 6.92 Å². The maximum absolute atomic E-state index is 12.5. The summed E-state index contributed by atoms with van der Waals surface area (Å²) in [5.74, 6) is 1.17. The number of rotatable bonds is 6. The van der Waals surface area contributed by atoms with Crippen molar-refractivity contribution in [2.45, 2.75) is 13.5 Å². The average Bonchev–Trinajstić information content (AvgIpc) is 3.36. The highest BCUT2D eigenvalue weighted by atomic mass is 32.1. The van der Waals surface area contributed by atoms with E-state index in [4.69, 9.17) is 18.6 Å². The van der Waals surface area contributed by atoms with E-state index in [9.17, 15) is 4.79 Å². The molecule has 0 fully saturated rings. The first-order chi connectivity index (χ1) is 14.1. The SMILES string of the molecule is COc1ccc(-c2nc(COC(=O)c3oc4ccc(OC)cc4c3C)cs2)cc1. The summed E-state index contributed by atoms with van der Waals surface area (Å²) in [4.78, 5) is 17.1. The molecule has 0 saturated carbocycles. The molecule has 2 aromatic carbocycles. The molecule has 0 bridgehead atoms. The number of nitrogens with zero attached hydrogens (tertiary/aromatic N) is 1. The number of hydrogen-bond acceptors (Lipinski definition) is 7. The van der Waals surface area contributed by atoms with Crippen molar-refractivity contribution in [2.24, 2.45) is 0 Å². The van der Waals surface area contributed by atoms with Crippen molar-refractivity contribution in [2.75, 3.05) is 14.2 Å². The number of furan rings is 1. The molecule has 6 nitrogen and oxygen atoms in total. The van der Waals surface area contributed by atoms with Gasteiger partial charge in [0.15, 0.2) is 0 Å². The first-order valence-electron chi connectivity index (χ1n) is 8.92. The number of hydrogen-bond donors (Lipinski definition) is 0. The summed E-state index contributed by atoms with van der Waals surface area (Å²) < 4.78 is 21.5. The highest BCUT2D eigenvalue weighted by Gasteiger charge is 2.20. The van der Waals surface area contributed by atoms with Crippen LogP contribution >= 0.6 is 11.3 Å². The lowest BCUT2D eigenvalue weighted by molar-refractivity contribution is 0.0433. The Morgan fingerprint density at radius 1 is 1.07 bits per heavy atom. The second-order valence-electron chi connectivity index (χ2n) is 6.37. The molecule has 0 radical (unpaired) electrons. The molecular formula is C22H19NO5S. The Kier molecular flexibility index (Phi) is 5.22. The number of aromatic nitrogens is 1. The summed E-state index contributed by atoms with van der Waals surface area (Å²) >= 11 is 1.49. The number of fused-ring (bicyclic) bond motifs is 1. The lowest BCUT2D eigenvalue weighted by Gasteiger charge is -2.02. The van der Waals surface area contributed by atoms with Gasteiger partial charge in [0.25, 0.3) is 0 Å². The van der Waals surface area contributed by atoms with Crippen LogP contribution in [-0.2, 0) is 11.3 Å². The van der Waals surface area contributed by atoms with Crippen LogP contribution in [0.1, 0.15) is 21.8 Å². The fraction of sp³-hybridized carbons (Fsp3) is 0.182. The molecule has 0 saturated heterocycles. The quantitative estimate of drug-likeness (QED) is 0.406. The molecule has 4 rings (SSSR count). The van der Waals surface area contributed by atoms with Gasteiger partial charge in [-0.05, 0) is 49.4 Å². The van der Waals surface area contributed by atoms with Gasteiger partial charge < -0.3 is 18.6 Å². The van der Waals surface area contributed by atoms with E-state index in [0.717, 1.165) is 27.3 Å². The fourth-order valence-electron chi connectivity index (χ4n) is 2.97. The standard InChI is InChI=1S/C22H19NO5S/c1-13-18-10-17(26-3)8-9-19(18)28-20(13)22(24)27-11-15-12-29-21(23-15)14-4-6-16(25-2)7-5-14/h4-10,12H,11H2,1-3H3. The second kappa shape index (κ2) is 7.97. The first-order valence-corrected chi connectivity index (χ1v) is 9.80. The highest BCUT2D eigenvalue weighted by molar-refractivity contribution is 7.13. The van der Waals surface area contributed by atoms with E-state index >= 15 is 0 Å². The number of methoxy groups -OCH3 is 2. The van der Waals surface area contributed by atoms with Crippen LogP contribution in [0.5, 0.6) is 11.5 Å². The zero-order valence-corrected chi connectivity index (χ0v) is 17.0. The van der Waals surface area contributed by atoms with Crippen molar-refractivity contribution in [3.8, 4) is 22.1 Å². The van der Waals surface area contributed by atoms with Gasteiger partial charge in [0, 0.05) is 21.9 Å². The van der Waals surface area contributed by atoms with Gasteiger partial charge in [-0.25, -0.2) is 9.78 Å². The summed E-state index contributed by atoms with van der Waals surface area (Å²) in [6, 6.07) is 13.1. The third-order valence-electron chi connectivity index (χ3n) is 4.57. The van der Waals surface area contributed by atoms with Gasteiger partial charge in [-0.2, -0.15) is 0 Å². The number of carbonyl (C=O) groups excluding carboxylic acids is 1. The molecule has 0 spiro atoms. The van der Waals surface area contributed by atoms with Crippen molar-refractivity contribution in [3.05, 3.63) is 64.9 Å². The Labute approximate surface area is 171 Å². The van der Waals surface area contributed by atoms with Crippen LogP contribution < -0.4 is 9.47 Å². The minimum atomic E-state index is -0.517. The largest absolute Gasteiger partial charge is 0.497 e. The molecule has 0 N–H and O–H groups in total. The third kappa shape index (κ3) is 3.82. The Hall–Kier alpha value is -3.32. The normalized spacial score (nSPS) is 10.9. The van der Waals surface area contributed by atoms with Crippen LogP contribution in [-0.4, -0.2) is 25.2 Å². The predicted octanol–water partition coefficient (Wildman–Crippen LogP) is 5.24. The van der Waals surface area contributed by atoms with Gasteiger partial charge in [0.05, 0.1) is 19.9 Å². The molecular weight excluding hydrogens is 390 g/mol. The van der Waals surface area contributed by atoms with E-state index < -0.39 is 5.97 Å². The van der Waals surface area contributed by atoms with Crippen molar-refractivity contribution >= 4 is 28.3 Å². The number of ether oxygens (including phenoxy) is 3. The fourth-order valence-corrected chi connectivity index (χ4v) is 3.78. The van der Waals surface area contributed by atoms with Gasteiger partial charge in [0.2, 0.25) is 5.76 Å². The molecule has 4 aromatic rings. The van der Waals surface area contributed by atoms with Crippen molar-refractivity contribution < 1.29 is 23.4 Å². The monoisotopic (exact) mass is 409 g/mol. The van der Waals surface area contributed by atoms with Crippen LogP contribution in [0.3, 0.4) is 0 Å². The molecule has 29 heavy (non-hydrogen) atoms. The van der Waals surface area contributed by atoms with Crippen LogP contribution in [0.15, 0.2) is 52.3 Å². The Morgan fingerprint density at radius 2 is 1.79 bits per heavy atom. The summed E-state index contributed by atoms with van der Waals surface area (Å²) in [7, 11) is 3.23. The number of esters is 1. The number of benzene rings is 2. The molecule has 0 amide bonds. The van der Waals surface area contributed by atoms with Gasteiger partial charge in [0.1, 0.15) is 28.7 Å². The minimum Gasteiger partial charge on any atom is -0.497 e. The van der Waals surface area contributed by atoms with Crippen LogP contribution in [0.2, 0.25) is 0 Å². The Balaban J connectivity index is 1.46. The van der Waals surface area contributed by atoms with E-state index in [2.05, 4.69) is 4.98 Å². The average molecular weight is 409 g/mol. The minimum absolute atomic E-state index is 0.0747. The zero-order chi connectivity index (χ0) is 20.4. The van der Waals surface area contributed by atoms with E-state index in [1.807, 2.05) is 42.6 Å². The summed E-state index contributed by atoms with van der Waals surface area (Å²) in [5, 5.41) is 3.56. The molecule has 148 valence electrons. The van der Waals surface area contributed by atoms with Gasteiger partial charge in [-0.1, -0.05) is 0 Å². The number of thiazole rings is 1. The second-order valence-corrected chi connectivity index (χ2v) is 7.23. The maximum Gasteiger partial charge on any atom is 0.374 e. The van der Waals surface area contributed by atoms with Gasteiger partial charge in [-0.3, -0.25) is 0 Å². The molecule has 0 atom stereocenters. The number of carbonyl (C=O) groups is 1. The van der Waals surface area contributed by atoms with E-state index in [-0.39, 0.29) is 12.4 Å². The molecule has 2 heterocycles. The Bertz CT molecular complexity index is 1160. The van der Waals surface area contributed by atoms with E-state index in [1.54, 1.807) is 26.4 Å². The van der Waals surface area contributed by atoms with Crippen molar-refractivity contribution in [1.29, 1.82) is 0 Å². The van der Waals surface area contributed by atoms with Crippen LogP contribution in [0.4, 0.5) is 0 Å². The smallest absolute Gasteiger partial charge is 0.374 e. The predicted molar refractivity (Wildman–Crippen MR) is 111 cm³/mol. The zero-order valence-electron chi connectivity index (χ0n) is 16.2. The van der Waals surface area contributed by atoms with Crippen molar-refractivity contribution in [3.63, 3.8) is 0 Å². The molecule has 0 aliphatic heterocycles. The van der Waals surface area contributed by atoms with Gasteiger partial charge in [-0.15, -0.1) is 11.3 Å². The third-order valence-corrected chi connectivity index (χ3v) is 5.51. The summed E-state index contributed by atoms with van der Waals surface area (Å²) in [6.07, 6.45) is 0. The Morgan fingerprint density at radius 3 is 2.52 bits per heavy atom. The molecule has 2 aromatic heterocycles. The highest BCUT2D eigenvalue weighted by Crippen LogP contribution is 2.30. The summed E-state index contributed by atoms with van der Waals surface area (Å²) in [5.41, 5.74) is 3.01.